The van der Waals surface area contributed by atoms with Gasteiger partial charge in [0.05, 0.1) is 5.69 Å². The lowest BCUT2D eigenvalue weighted by Crippen LogP contribution is -2.12. The van der Waals surface area contributed by atoms with Crippen LogP contribution in [0.15, 0.2) is 36.4 Å². The molecule has 1 aromatic heterocycles. The van der Waals surface area contributed by atoms with Gasteiger partial charge in [0, 0.05) is 31.3 Å². The highest BCUT2D eigenvalue weighted by Gasteiger charge is 2.05. The second-order valence-corrected chi connectivity index (χ2v) is 3.86. The summed E-state index contributed by atoms with van der Waals surface area (Å²) in [5.41, 5.74) is 3.48. The van der Waals surface area contributed by atoms with Crippen molar-refractivity contribution in [3.8, 4) is 11.3 Å². The van der Waals surface area contributed by atoms with Crippen LogP contribution in [0.5, 0.6) is 0 Å². The summed E-state index contributed by atoms with van der Waals surface area (Å²) in [5.74, 6) is 0. The molecule has 2 rings (SSSR count). The van der Waals surface area contributed by atoms with Crippen LogP contribution in [0.4, 0.5) is 0 Å². The highest BCUT2D eigenvalue weighted by atomic mass is 15.3. The molecule has 16 heavy (non-hydrogen) atoms. The molecule has 0 bridgehead atoms. The van der Waals surface area contributed by atoms with Gasteiger partial charge in [-0.25, -0.2) is 0 Å². The van der Waals surface area contributed by atoms with Crippen LogP contribution in [0, 0.1) is 0 Å². The van der Waals surface area contributed by atoms with Gasteiger partial charge in [0.15, 0.2) is 0 Å². The molecule has 3 nitrogen and oxygen atoms in total. The van der Waals surface area contributed by atoms with Gasteiger partial charge in [0.25, 0.3) is 0 Å². The van der Waals surface area contributed by atoms with Gasteiger partial charge in [-0.3, -0.25) is 4.68 Å². The quantitative estimate of drug-likeness (QED) is 0.843. The average molecular weight is 215 g/mol. The van der Waals surface area contributed by atoms with Crippen molar-refractivity contribution in [3.05, 3.63) is 42.1 Å². The number of hydrogen-bond acceptors (Lipinski definition) is 2. The van der Waals surface area contributed by atoms with Gasteiger partial charge in [-0.1, -0.05) is 30.3 Å². The van der Waals surface area contributed by atoms with Crippen molar-refractivity contribution in [3.63, 3.8) is 0 Å². The molecule has 1 N–H and O–H groups in total. The molecule has 0 unspecified atom stereocenters. The van der Waals surface area contributed by atoms with Crippen LogP contribution in [-0.2, 0) is 13.5 Å². The van der Waals surface area contributed by atoms with Gasteiger partial charge in [0.2, 0.25) is 0 Å². The van der Waals surface area contributed by atoms with Gasteiger partial charge >= 0.3 is 0 Å². The number of nitrogens with one attached hydrogen (secondary N) is 1. The lowest BCUT2D eigenvalue weighted by molar-refractivity contribution is 0.683. The van der Waals surface area contributed by atoms with Crippen LogP contribution >= 0.6 is 0 Å². The van der Waals surface area contributed by atoms with E-state index in [1.165, 1.54) is 11.3 Å². The summed E-state index contributed by atoms with van der Waals surface area (Å²) in [5, 5.41) is 7.67. The SMILES string of the molecule is CNCCc1cc(-c2ccccc2)nn1C. The largest absolute Gasteiger partial charge is 0.319 e. The Morgan fingerprint density at radius 1 is 1.25 bits per heavy atom. The molecule has 0 saturated carbocycles. The smallest absolute Gasteiger partial charge is 0.0925 e. The van der Waals surface area contributed by atoms with Crippen molar-refractivity contribution in [1.82, 2.24) is 15.1 Å². The molecule has 0 radical (unpaired) electrons. The first kappa shape index (κ1) is 10.9. The molecule has 0 atom stereocenters. The third kappa shape index (κ3) is 2.31. The van der Waals surface area contributed by atoms with E-state index >= 15 is 0 Å². The lowest BCUT2D eigenvalue weighted by atomic mass is 10.1. The summed E-state index contributed by atoms with van der Waals surface area (Å²) in [6.07, 6.45) is 1.01. The number of hydrogen-bond donors (Lipinski definition) is 1. The molecule has 0 fully saturated rings. The van der Waals surface area contributed by atoms with Gasteiger partial charge in [0.1, 0.15) is 0 Å². The van der Waals surface area contributed by atoms with E-state index in [0.717, 1.165) is 18.7 Å². The molecule has 0 saturated heterocycles. The highest BCUT2D eigenvalue weighted by Crippen LogP contribution is 2.18. The Bertz CT molecular complexity index is 445. The van der Waals surface area contributed by atoms with E-state index in [4.69, 9.17) is 0 Å². The number of benzene rings is 1. The zero-order valence-electron chi connectivity index (χ0n) is 9.77. The molecule has 0 amide bonds. The third-order valence-corrected chi connectivity index (χ3v) is 2.68. The van der Waals surface area contributed by atoms with Crippen molar-refractivity contribution in [1.29, 1.82) is 0 Å². The molecule has 0 aliphatic rings. The predicted molar refractivity (Wildman–Crippen MR) is 66.3 cm³/mol. The van der Waals surface area contributed by atoms with E-state index in [9.17, 15) is 0 Å². The maximum atomic E-state index is 4.52. The van der Waals surface area contributed by atoms with Gasteiger partial charge in [-0.15, -0.1) is 0 Å². The molecule has 2 aromatic rings. The van der Waals surface area contributed by atoms with Crippen molar-refractivity contribution in [2.75, 3.05) is 13.6 Å². The Hall–Kier alpha value is -1.61. The van der Waals surface area contributed by atoms with Gasteiger partial charge < -0.3 is 5.32 Å². The fourth-order valence-electron chi connectivity index (χ4n) is 1.74. The lowest BCUT2D eigenvalue weighted by Gasteiger charge is -1.99. The third-order valence-electron chi connectivity index (χ3n) is 2.68. The standard InChI is InChI=1S/C13H17N3/c1-14-9-8-12-10-13(15-16(12)2)11-6-4-3-5-7-11/h3-7,10,14H,8-9H2,1-2H3. The first-order chi connectivity index (χ1) is 7.81. The monoisotopic (exact) mass is 215 g/mol. The Morgan fingerprint density at radius 2 is 2.00 bits per heavy atom. The van der Waals surface area contributed by atoms with E-state index in [1.54, 1.807) is 0 Å². The Balaban J connectivity index is 2.24. The summed E-state index contributed by atoms with van der Waals surface area (Å²) in [4.78, 5) is 0. The number of rotatable bonds is 4. The van der Waals surface area contributed by atoms with Crippen molar-refractivity contribution < 1.29 is 0 Å². The predicted octanol–water partition coefficient (Wildman–Crippen LogP) is 1.85. The van der Waals surface area contributed by atoms with Crippen molar-refractivity contribution >= 4 is 0 Å². The molecule has 3 heteroatoms. The van der Waals surface area contributed by atoms with E-state index in [-0.39, 0.29) is 0 Å². The van der Waals surface area contributed by atoms with E-state index in [0.29, 0.717) is 0 Å². The first-order valence-corrected chi connectivity index (χ1v) is 5.54. The van der Waals surface area contributed by atoms with Crippen LogP contribution in [0.2, 0.25) is 0 Å². The first-order valence-electron chi connectivity index (χ1n) is 5.54. The maximum Gasteiger partial charge on any atom is 0.0925 e. The number of aromatic nitrogens is 2. The topological polar surface area (TPSA) is 29.9 Å². The van der Waals surface area contributed by atoms with E-state index in [1.807, 2.05) is 37.0 Å². The second kappa shape index (κ2) is 4.94. The van der Waals surface area contributed by atoms with Crippen LogP contribution in [0.25, 0.3) is 11.3 Å². The molecular weight excluding hydrogens is 198 g/mol. The summed E-state index contributed by atoms with van der Waals surface area (Å²) >= 11 is 0. The minimum Gasteiger partial charge on any atom is -0.319 e. The highest BCUT2D eigenvalue weighted by molar-refractivity contribution is 5.59. The summed E-state index contributed by atoms with van der Waals surface area (Å²) in [7, 11) is 3.96. The van der Waals surface area contributed by atoms with E-state index < -0.39 is 0 Å². The zero-order valence-corrected chi connectivity index (χ0v) is 9.77. The minimum atomic E-state index is 0.980. The second-order valence-electron chi connectivity index (χ2n) is 3.86. The minimum absolute atomic E-state index is 0.980. The molecule has 1 heterocycles. The number of aryl methyl sites for hydroxylation is 1. The number of nitrogens with zero attached hydrogens (tertiary/aromatic N) is 2. The van der Waals surface area contributed by atoms with Crippen LogP contribution in [0.1, 0.15) is 5.69 Å². The maximum absolute atomic E-state index is 4.52. The molecule has 0 aliphatic carbocycles. The molecule has 1 aromatic carbocycles. The van der Waals surface area contributed by atoms with Crippen molar-refractivity contribution in [2.24, 2.45) is 7.05 Å². The molecule has 84 valence electrons. The van der Waals surface area contributed by atoms with Gasteiger partial charge in [-0.05, 0) is 13.1 Å². The Kier molecular flexibility index (Phi) is 3.37. The normalized spacial score (nSPS) is 10.6. The van der Waals surface area contributed by atoms with Gasteiger partial charge in [-0.2, -0.15) is 5.10 Å². The Morgan fingerprint density at radius 3 is 2.69 bits per heavy atom. The molecule has 0 spiro atoms. The molecular formula is C13H17N3. The van der Waals surface area contributed by atoms with Crippen LogP contribution in [-0.4, -0.2) is 23.4 Å². The zero-order chi connectivity index (χ0) is 11.4. The number of likely N-dealkylation sites (N-methyl/N-ethyl adjacent to an activating group) is 1. The summed E-state index contributed by atoms with van der Waals surface area (Å²) < 4.78 is 1.96. The van der Waals surface area contributed by atoms with Crippen molar-refractivity contribution in [2.45, 2.75) is 6.42 Å². The summed E-state index contributed by atoms with van der Waals surface area (Å²) in [6, 6.07) is 12.4. The molecule has 0 aliphatic heterocycles. The fraction of sp³-hybridized carbons (Fsp3) is 0.308. The average Bonchev–Trinajstić information content (AvgIpc) is 2.69. The fourth-order valence-corrected chi connectivity index (χ4v) is 1.74. The summed E-state index contributed by atoms with van der Waals surface area (Å²) in [6.45, 7) is 0.980. The van der Waals surface area contributed by atoms with E-state index in [2.05, 4.69) is 28.6 Å². The van der Waals surface area contributed by atoms with Crippen LogP contribution in [0.3, 0.4) is 0 Å². The van der Waals surface area contributed by atoms with Crippen LogP contribution < -0.4 is 5.32 Å². The Labute approximate surface area is 96.1 Å².